The zero-order valence-electron chi connectivity index (χ0n) is 18.0. The quantitative estimate of drug-likeness (QED) is 0.578. The SMILES string of the molecule is COc1ccc([C@H](CC(=O)Nc2cc(S(=O)(=O)N(C)C)ccc2C)NS(C)(=O)=O)cc1. The zero-order valence-corrected chi connectivity index (χ0v) is 19.7. The van der Waals surface area contributed by atoms with Gasteiger partial charge < -0.3 is 10.1 Å². The van der Waals surface area contributed by atoms with Gasteiger partial charge in [0.15, 0.2) is 0 Å². The van der Waals surface area contributed by atoms with Crippen LogP contribution in [0.15, 0.2) is 47.4 Å². The highest BCUT2D eigenvalue weighted by molar-refractivity contribution is 7.89. The molecule has 0 saturated heterocycles. The number of carbonyl (C=O) groups is 1. The van der Waals surface area contributed by atoms with Crippen molar-refractivity contribution in [2.45, 2.75) is 24.3 Å². The van der Waals surface area contributed by atoms with Crippen molar-refractivity contribution in [3.63, 3.8) is 0 Å². The van der Waals surface area contributed by atoms with Gasteiger partial charge in [0.2, 0.25) is 26.0 Å². The number of nitrogens with zero attached hydrogens (tertiary/aromatic N) is 1. The number of nitrogens with one attached hydrogen (secondary N) is 2. The Balaban J connectivity index is 2.28. The number of anilines is 1. The van der Waals surface area contributed by atoms with E-state index in [-0.39, 0.29) is 11.3 Å². The van der Waals surface area contributed by atoms with Gasteiger partial charge in [-0.25, -0.2) is 25.9 Å². The third kappa shape index (κ3) is 6.76. The van der Waals surface area contributed by atoms with Gasteiger partial charge >= 0.3 is 0 Å². The van der Waals surface area contributed by atoms with Crippen molar-refractivity contribution in [1.82, 2.24) is 9.03 Å². The molecule has 2 aromatic rings. The normalized spacial score (nSPS) is 13.1. The molecule has 2 N–H and O–H groups in total. The molecule has 0 aromatic heterocycles. The number of aryl methyl sites for hydroxylation is 1. The molecule has 0 aliphatic heterocycles. The van der Waals surface area contributed by atoms with Crippen molar-refractivity contribution >= 4 is 31.6 Å². The second-order valence-corrected chi connectivity index (χ2v) is 11.2. The van der Waals surface area contributed by atoms with Crippen molar-refractivity contribution in [2.75, 3.05) is 32.8 Å². The lowest BCUT2D eigenvalue weighted by Gasteiger charge is -2.19. The minimum absolute atomic E-state index is 0.0411. The molecule has 0 spiro atoms. The van der Waals surface area contributed by atoms with Gasteiger partial charge in [-0.15, -0.1) is 0 Å². The summed E-state index contributed by atoms with van der Waals surface area (Å²) in [5.74, 6) is 0.125. The van der Waals surface area contributed by atoms with Crippen LogP contribution < -0.4 is 14.8 Å². The van der Waals surface area contributed by atoms with Crippen LogP contribution in [0, 0.1) is 6.92 Å². The molecule has 0 radical (unpaired) electrons. The minimum Gasteiger partial charge on any atom is -0.497 e. The summed E-state index contributed by atoms with van der Waals surface area (Å²) in [7, 11) is -2.91. The Bertz CT molecular complexity index is 1140. The Morgan fingerprint density at radius 1 is 1.06 bits per heavy atom. The van der Waals surface area contributed by atoms with E-state index < -0.39 is 32.0 Å². The highest BCUT2D eigenvalue weighted by Gasteiger charge is 2.22. The number of rotatable bonds is 9. The topological polar surface area (TPSA) is 122 Å². The highest BCUT2D eigenvalue weighted by atomic mass is 32.2. The molecule has 0 unspecified atom stereocenters. The Morgan fingerprint density at radius 2 is 1.68 bits per heavy atom. The summed E-state index contributed by atoms with van der Waals surface area (Å²) in [5.41, 5.74) is 1.59. The van der Waals surface area contributed by atoms with Crippen molar-refractivity contribution in [3.05, 3.63) is 53.6 Å². The lowest BCUT2D eigenvalue weighted by molar-refractivity contribution is -0.116. The van der Waals surface area contributed by atoms with Crippen LogP contribution in [0.5, 0.6) is 5.75 Å². The lowest BCUT2D eigenvalue weighted by Crippen LogP contribution is -2.30. The first kappa shape index (κ1) is 24.8. The molecule has 11 heteroatoms. The maximum atomic E-state index is 12.7. The van der Waals surface area contributed by atoms with Crippen LogP contribution in [0.4, 0.5) is 5.69 Å². The minimum atomic E-state index is -3.67. The third-order valence-electron chi connectivity index (χ3n) is 4.53. The van der Waals surface area contributed by atoms with E-state index in [0.29, 0.717) is 22.6 Å². The van der Waals surface area contributed by atoms with E-state index in [9.17, 15) is 21.6 Å². The first-order valence-corrected chi connectivity index (χ1v) is 12.6. The van der Waals surface area contributed by atoms with Crippen LogP contribution in [0.25, 0.3) is 0 Å². The maximum Gasteiger partial charge on any atom is 0.242 e. The number of methoxy groups -OCH3 is 1. The largest absolute Gasteiger partial charge is 0.497 e. The van der Waals surface area contributed by atoms with Crippen molar-refractivity contribution < 1.29 is 26.4 Å². The summed E-state index contributed by atoms with van der Waals surface area (Å²) in [6.45, 7) is 1.73. The number of sulfonamides is 2. The fourth-order valence-corrected chi connectivity index (χ4v) is 4.48. The van der Waals surface area contributed by atoms with E-state index in [1.165, 1.54) is 33.3 Å². The average Bonchev–Trinajstić information content (AvgIpc) is 2.68. The van der Waals surface area contributed by atoms with Gasteiger partial charge in [0, 0.05) is 26.2 Å². The Morgan fingerprint density at radius 3 is 2.19 bits per heavy atom. The molecule has 2 rings (SSSR count). The first-order valence-electron chi connectivity index (χ1n) is 9.28. The highest BCUT2D eigenvalue weighted by Crippen LogP contribution is 2.25. The Hall–Kier alpha value is -2.47. The van der Waals surface area contributed by atoms with Gasteiger partial charge in [0.1, 0.15) is 5.75 Å². The average molecular weight is 470 g/mol. The van der Waals surface area contributed by atoms with Crippen molar-refractivity contribution in [1.29, 1.82) is 0 Å². The van der Waals surface area contributed by atoms with Crippen LogP contribution in [-0.2, 0) is 24.8 Å². The van der Waals surface area contributed by atoms with Gasteiger partial charge in [-0.2, -0.15) is 0 Å². The third-order valence-corrected chi connectivity index (χ3v) is 7.05. The molecular formula is C20H27N3O6S2. The van der Waals surface area contributed by atoms with Crippen molar-refractivity contribution in [2.24, 2.45) is 0 Å². The first-order chi connectivity index (χ1) is 14.3. The Kier molecular flexibility index (Phi) is 7.82. The molecule has 1 amide bonds. The van der Waals surface area contributed by atoms with E-state index in [1.54, 1.807) is 37.3 Å². The molecule has 0 aliphatic carbocycles. The van der Waals surface area contributed by atoms with E-state index in [4.69, 9.17) is 4.74 Å². The molecule has 170 valence electrons. The van der Waals surface area contributed by atoms with E-state index >= 15 is 0 Å². The molecule has 1 atom stereocenters. The zero-order chi connectivity index (χ0) is 23.4. The standard InChI is InChI=1S/C20H27N3O6S2/c1-14-6-11-17(31(27,28)23(2)3)12-18(14)21-20(24)13-19(22-30(5,25)26)15-7-9-16(29-4)10-8-15/h6-12,19,22H,13H2,1-5H3,(H,21,24)/t19-/m0/s1. The van der Waals surface area contributed by atoms with Crippen LogP contribution in [-0.4, -0.2) is 54.5 Å². The number of carbonyl (C=O) groups excluding carboxylic acids is 1. The monoisotopic (exact) mass is 469 g/mol. The second kappa shape index (κ2) is 9.77. The van der Waals surface area contributed by atoms with Gasteiger partial charge in [0.05, 0.1) is 24.3 Å². The maximum absolute atomic E-state index is 12.7. The smallest absolute Gasteiger partial charge is 0.242 e. The fourth-order valence-electron chi connectivity index (χ4n) is 2.82. The number of benzene rings is 2. The second-order valence-electron chi connectivity index (χ2n) is 7.23. The molecule has 0 bridgehead atoms. The molecular weight excluding hydrogens is 442 g/mol. The molecule has 0 saturated carbocycles. The van der Waals surface area contributed by atoms with Gasteiger partial charge in [-0.05, 0) is 42.3 Å². The number of hydrogen-bond donors (Lipinski definition) is 2. The number of hydrogen-bond acceptors (Lipinski definition) is 6. The fraction of sp³-hybridized carbons (Fsp3) is 0.350. The summed E-state index contributed by atoms with van der Waals surface area (Å²) in [5, 5.41) is 2.69. The predicted octanol–water partition coefficient (Wildman–Crippen LogP) is 1.87. The van der Waals surface area contributed by atoms with Gasteiger partial charge in [-0.1, -0.05) is 18.2 Å². The van der Waals surface area contributed by atoms with Crippen LogP contribution in [0.3, 0.4) is 0 Å². The van der Waals surface area contributed by atoms with E-state index in [1.807, 2.05) is 0 Å². The summed E-state index contributed by atoms with van der Waals surface area (Å²) in [6.07, 6.45) is 0.824. The van der Waals surface area contributed by atoms with Crippen molar-refractivity contribution in [3.8, 4) is 5.75 Å². The molecule has 0 aliphatic rings. The molecule has 9 nitrogen and oxygen atoms in total. The molecule has 2 aromatic carbocycles. The van der Waals surface area contributed by atoms with Gasteiger partial charge in [0.25, 0.3) is 0 Å². The summed E-state index contributed by atoms with van der Waals surface area (Å²) < 4.78 is 57.0. The predicted molar refractivity (Wildman–Crippen MR) is 119 cm³/mol. The molecule has 0 fully saturated rings. The summed E-state index contributed by atoms with van der Waals surface area (Å²) >= 11 is 0. The number of amides is 1. The van der Waals surface area contributed by atoms with Crippen LogP contribution >= 0.6 is 0 Å². The number of ether oxygens (including phenoxy) is 1. The molecule has 31 heavy (non-hydrogen) atoms. The molecule has 0 heterocycles. The van der Waals surface area contributed by atoms with E-state index in [2.05, 4.69) is 10.0 Å². The van der Waals surface area contributed by atoms with Crippen LogP contribution in [0.2, 0.25) is 0 Å². The summed E-state index contributed by atoms with van der Waals surface area (Å²) in [4.78, 5) is 12.8. The summed E-state index contributed by atoms with van der Waals surface area (Å²) in [6, 6.07) is 10.3. The van der Waals surface area contributed by atoms with E-state index in [0.717, 1.165) is 10.6 Å². The van der Waals surface area contributed by atoms with Crippen LogP contribution in [0.1, 0.15) is 23.6 Å². The van der Waals surface area contributed by atoms with Gasteiger partial charge in [-0.3, -0.25) is 4.79 Å². The Labute approximate surface area is 183 Å². The lowest BCUT2D eigenvalue weighted by atomic mass is 10.0.